The van der Waals surface area contributed by atoms with Gasteiger partial charge in [0, 0.05) is 64.1 Å². The highest BCUT2D eigenvalue weighted by Crippen LogP contribution is 2.60. The lowest BCUT2D eigenvalue weighted by Crippen LogP contribution is -2.58. The molecule has 1 aromatic heterocycles. The second-order valence-corrected chi connectivity index (χ2v) is 11.4. The standard InChI is InChI=1S/C25H38N6O/c1-18-11-22(29-5-3-28(2)4-6-29)27-24(26-18)31-9-7-30(8-10-31)23(32)25-15-19-12-20(16-25)14-21(13-19)17-25/h11,19-21H,3-10,12-17H2,1-2H3. The number of likely N-dealkylation sites (N-methyl/N-ethyl adjacent to an activating group) is 1. The minimum absolute atomic E-state index is 0.0225. The van der Waals surface area contributed by atoms with Gasteiger partial charge >= 0.3 is 0 Å². The van der Waals surface area contributed by atoms with Crippen LogP contribution in [0.5, 0.6) is 0 Å². The second-order valence-electron chi connectivity index (χ2n) is 11.4. The number of carbonyl (C=O) groups excluding carboxylic acids is 1. The number of anilines is 2. The quantitative estimate of drug-likeness (QED) is 0.722. The lowest BCUT2D eigenvalue weighted by Gasteiger charge is -2.57. The van der Waals surface area contributed by atoms with Crippen molar-refractivity contribution in [2.45, 2.75) is 45.4 Å². The molecule has 7 nitrogen and oxygen atoms in total. The maximum atomic E-state index is 13.7. The summed E-state index contributed by atoms with van der Waals surface area (Å²) in [4.78, 5) is 32.6. The number of hydrogen-bond acceptors (Lipinski definition) is 6. The summed E-state index contributed by atoms with van der Waals surface area (Å²) in [5, 5.41) is 0. The van der Waals surface area contributed by atoms with E-state index in [1.807, 2.05) is 0 Å². The Morgan fingerprint density at radius 1 is 0.844 bits per heavy atom. The highest BCUT2D eigenvalue weighted by Gasteiger charge is 2.55. The summed E-state index contributed by atoms with van der Waals surface area (Å²) in [5.74, 6) is 4.81. The van der Waals surface area contributed by atoms with E-state index in [-0.39, 0.29) is 5.41 Å². The molecule has 1 aromatic rings. The Kier molecular flexibility index (Phi) is 5.08. The first-order chi connectivity index (χ1) is 15.5. The van der Waals surface area contributed by atoms with Crippen LogP contribution in [0.15, 0.2) is 6.07 Å². The summed E-state index contributed by atoms with van der Waals surface area (Å²) in [6.07, 6.45) is 7.65. The lowest BCUT2D eigenvalue weighted by molar-refractivity contribution is -0.158. The van der Waals surface area contributed by atoms with Crippen LogP contribution in [0.4, 0.5) is 11.8 Å². The Hall–Kier alpha value is -1.89. The van der Waals surface area contributed by atoms with Crippen LogP contribution in [0.1, 0.15) is 44.2 Å². The normalized spacial score (nSPS) is 34.9. The summed E-state index contributed by atoms with van der Waals surface area (Å²) in [6, 6.07) is 2.11. The largest absolute Gasteiger partial charge is 0.354 e. The van der Waals surface area contributed by atoms with Crippen LogP contribution in [0.25, 0.3) is 0 Å². The van der Waals surface area contributed by atoms with Crippen molar-refractivity contribution in [1.82, 2.24) is 19.8 Å². The van der Waals surface area contributed by atoms with E-state index in [1.54, 1.807) is 0 Å². The predicted molar refractivity (Wildman–Crippen MR) is 126 cm³/mol. The van der Waals surface area contributed by atoms with E-state index in [9.17, 15) is 4.79 Å². The highest BCUT2D eigenvalue weighted by molar-refractivity contribution is 5.83. The maximum absolute atomic E-state index is 13.7. The Balaban J connectivity index is 1.12. The number of nitrogens with zero attached hydrogens (tertiary/aromatic N) is 6. The molecule has 0 unspecified atom stereocenters. The van der Waals surface area contributed by atoms with E-state index in [2.05, 4.69) is 39.6 Å². The summed E-state index contributed by atoms with van der Waals surface area (Å²) >= 11 is 0. The van der Waals surface area contributed by atoms with Crippen LogP contribution in [-0.4, -0.2) is 85.1 Å². The van der Waals surface area contributed by atoms with E-state index >= 15 is 0 Å². The zero-order valence-electron chi connectivity index (χ0n) is 19.8. The number of aromatic nitrogens is 2. The van der Waals surface area contributed by atoms with Crippen molar-refractivity contribution in [1.29, 1.82) is 0 Å². The van der Waals surface area contributed by atoms with Gasteiger partial charge in [-0.3, -0.25) is 4.79 Å². The number of rotatable bonds is 3. The first-order valence-corrected chi connectivity index (χ1v) is 12.8. The van der Waals surface area contributed by atoms with E-state index in [0.29, 0.717) is 5.91 Å². The first-order valence-electron chi connectivity index (χ1n) is 12.8. The predicted octanol–water partition coefficient (Wildman–Crippen LogP) is 2.40. The molecule has 0 aromatic carbocycles. The van der Waals surface area contributed by atoms with Crippen molar-refractivity contribution >= 4 is 17.7 Å². The van der Waals surface area contributed by atoms with Gasteiger partial charge in [-0.05, 0) is 70.3 Å². The Morgan fingerprint density at radius 2 is 1.41 bits per heavy atom. The molecule has 32 heavy (non-hydrogen) atoms. The fourth-order valence-corrected chi connectivity index (χ4v) is 7.69. The number of piperazine rings is 2. The van der Waals surface area contributed by atoms with Crippen LogP contribution in [0.2, 0.25) is 0 Å². The molecule has 7 rings (SSSR count). The molecule has 4 saturated carbocycles. The Morgan fingerprint density at radius 3 is 2.00 bits per heavy atom. The monoisotopic (exact) mass is 438 g/mol. The van der Waals surface area contributed by atoms with E-state index < -0.39 is 0 Å². The molecule has 3 heterocycles. The lowest BCUT2D eigenvalue weighted by atomic mass is 9.49. The van der Waals surface area contributed by atoms with E-state index in [4.69, 9.17) is 9.97 Å². The molecular formula is C25H38N6O. The SMILES string of the molecule is Cc1cc(N2CCN(C)CC2)nc(N2CCN(C(=O)C34CC5CC(CC(C5)C3)C4)CC2)n1. The molecule has 7 heteroatoms. The summed E-state index contributed by atoms with van der Waals surface area (Å²) < 4.78 is 0. The minimum atomic E-state index is -0.0225. The van der Waals surface area contributed by atoms with Crippen molar-refractivity contribution in [3.63, 3.8) is 0 Å². The zero-order valence-corrected chi connectivity index (χ0v) is 19.8. The van der Waals surface area contributed by atoms with Gasteiger partial charge in [0.05, 0.1) is 5.41 Å². The molecular weight excluding hydrogens is 400 g/mol. The average molecular weight is 439 g/mol. The molecule has 1 amide bonds. The van der Waals surface area contributed by atoms with Crippen molar-refractivity contribution in [2.75, 3.05) is 69.2 Å². The number of aryl methyl sites for hydroxylation is 1. The topological polar surface area (TPSA) is 55.8 Å². The fourth-order valence-electron chi connectivity index (χ4n) is 7.69. The van der Waals surface area contributed by atoms with Gasteiger partial charge in [-0.2, -0.15) is 4.98 Å². The number of amides is 1. The molecule has 0 N–H and O–H groups in total. The molecule has 6 fully saturated rings. The van der Waals surface area contributed by atoms with Gasteiger partial charge in [-0.1, -0.05) is 0 Å². The first kappa shape index (κ1) is 20.7. The molecule has 6 aliphatic rings. The van der Waals surface area contributed by atoms with Gasteiger partial charge in [0.1, 0.15) is 5.82 Å². The Labute approximate surface area is 192 Å². The fraction of sp³-hybridized carbons (Fsp3) is 0.800. The third kappa shape index (κ3) is 3.66. The molecule has 4 aliphatic carbocycles. The van der Waals surface area contributed by atoms with Crippen molar-refractivity contribution in [3.8, 4) is 0 Å². The molecule has 0 atom stereocenters. The molecule has 2 saturated heterocycles. The Bertz CT molecular complexity index is 836. The summed E-state index contributed by atoms with van der Waals surface area (Å²) in [6.45, 7) is 9.53. The molecule has 0 radical (unpaired) electrons. The van der Waals surface area contributed by atoms with E-state index in [0.717, 1.165) is 107 Å². The van der Waals surface area contributed by atoms with Gasteiger partial charge in [0.15, 0.2) is 0 Å². The van der Waals surface area contributed by atoms with Gasteiger partial charge < -0.3 is 19.6 Å². The number of hydrogen-bond donors (Lipinski definition) is 0. The second kappa shape index (κ2) is 7.86. The van der Waals surface area contributed by atoms with Crippen LogP contribution in [-0.2, 0) is 4.79 Å². The van der Waals surface area contributed by atoms with E-state index in [1.165, 1.54) is 19.3 Å². The van der Waals surface area contributed by atoms with Crippen molar-refractivity contribution in [2.24, 2.45) is 23.2 Å². The van der Waals surface area contributed by atoms with Gasteiger partial charge in [0.25, 0.3) is 0 Å². The molecule has 4 bridgehead atoms. The van der Waals surface area contributed by atoms with Crippen LogP contribution >= 0.6 is 0 Å². The van der Waals surface area contributed by atoms with Gasteiger partial charge in [-0.15, -0.1) is 0 Å². The van der Waals surface area contributed by atoms with Gasteiger partial charge in [0.2, 0.25) is 11.9 Å². The molecule has 174 valence electrons. The number of carbonyl (C=O) groups is 1. The highest BCUT2D eigenvalue weighted by atomic mass is 16.2. The average Bonchev–Trinajstić information content (AvgIpc) is 2.78. The van der Waals surface area contributed by atoms with Crippen molar-refractivity contribution < 1.29 is 4.79 Å². The minimum Gasteiger partial charge on any atom is -0.354 e. The van der Waals surface area contributed by atoms with Crippen LogP contribution in [0, 0.1) is 30.1 Å². The maximum Gasteiger partial charge on any atom is 0.228 e. The third-order valence-electron chi connectivity index (χ3n) is 9.00. The van der Waals surface area contributed by atoms with Crippen LogP contribution < -0.4 is 9.80 Å². The van der Waals surface area contributed by atoms with Gasteiger partial charge in [-0.25, -0.2) is 4.98 Å². The zero-order chi connectivity index (χ0) is 21.9. The summed E-state index contributed by atoms with van der Waals surface area (Å²) in [5.41, 5.74) is 1.00. The smallest absolute Gasteiger partial charge is 0.228 e. The third-order valence-corrected chi connectivity index (χ3v) is 9.00. The molecule has 2 aliphatic heterocycles. The van der Waals surface area contributed by atoms with Crippen molar-refractivity contribution in [3.05, 3.63) is 11.8 Å². The molecule has 0 spiro atoms. The van der Waals surface area contributed by atoms with Crippen LogP contribution in [0.3, 0.4) is 0 Å². The summed E-state index contributed by atoms with van der Waals surface area (Å²) in [7, 11) is 2.18.